The first-order valence-electron chi connectivity index (χ1n) is 10.7. The highest BCUT2D eigenvalue weighted by molar-refractivity contribution is 7.89. The number of piperidine rings is 1. The van der Waals surface area contributed by atoms with Gasteiger partial charge in [0, 0.05) is 31.7 Å². The van der Waals surface area contributed by atoms with Gasteiger partial charge in [-0.3, -0.25) is 9.59 Å². The van der Waals surface area contributed by atoms with Crippen molar-refractivity contribution in [3.05, 3.63) is 76.6 Å². The SMILES string of the molecule is CN(CC(=O)N1CCC(Cc2ccccc2)CC1)S(=O)(=O)c1ccc2[nH]c(=O)ccc2c1. The molecule has 1 saturated heterocycles. The van der Waals surface area contributed by atoms with Crippen LogP contribution in [0.3, 0.4) is 0 Å². The van der Waals surface area contributed by atoms with Crippen LogP contribution >= 0.6 is 0 Å². The van der Waals surface area contributed by atoms with Crippen LogP contribution in [0.25, 0.3) is 10.9 Å². The van der Waals surface area contributed by atoms with E-state index in [1.54, 1.807) is 17.0 Å². The molecule has 0 aliphatic carbocycles. The zero-order valence-corrected chi connectivity index (χ0v) is 18.8. The van der Waals surface area contributed by atoms with E-state index in [-0.39, 0.29) is 22.9 Å². The first-order chi connectivity index (χ1) is 15.3. The zero-order valence-electron chi connectivity index (χ0n) is 18.0. The van der Waals surface area contributed by atoms with E-state index in [4.69, 9.17) is 0 Å². The van der Waals surface area contributed by atoms with Crippen molar-refractivity contribution in [3.8, 4) is 0 Å². The number of carbonyl (C=O) groups is 1. The molecule has 2 heterocycles. The van der Waals surface area contributed by atoms with Gasteiger partial charge in [0.15, 0.2) is 0 Å². The quantitative estimate of drug-likeness (QED) is 0.621. The molecule has 4 rings (SSSR count). The summed E-state index contributed by atoms with van der Waals surface area (Å²) >= 11 is 0. The molecule has 1 aliphatic rings. The lowest BCUT2D eigenvalue weighted by atomic mass is 9.90. The van der Waals surface area contributed by atoms with Gasteiger partial charge in [0.2, 0.25) is 21.5 Å². The molecule has 1 fully saturated rings. The Kier molecular flexibility index (Phi) is 6.43. The Labute approximate surface area is 187 Å². The predicted molar refractivity (Wildman–Crippen MR) is 124 cm³/mol. The molecular weight excluding hydrogens is 426 g/mol. The number of amides is 1. The maximum absolute atomic E-state index is 13.0. The molecule has 168 valence electrons. The number of nitrogens with one attached hydrogen (secondary N) is 1. The fraction of sp³-hybridized carbons (Fsp3) is 0.333. The van der Waals surface area contributed by atoms with Gasteiger partial charge in [-0.25, -0.2) is 8.42 Å². The van der Waals surface area contributed by atoms with E-state index in [0.717, 1.165) is 23.6 Å². The Morgan fingerprint density at radius 1 is 1.06 bits per heavy atom. The number of likely N-dealkylation sites (tertiary alicyclic amines) is 1. The van der Waals surface area contributed by atoms with Gasteiger partial charge in [-0.15, -0.1) is 0 Å². The van der Waals surface area contributed by atoms with E-state index in [1.165, 1.54) is 30.8 Å². The van der Waals surface area contributed by atoms with Crippen molar-refractivity contribution in [3.63, 3.8) is 0 Å². The van der Waals surface area contributed by atoms with Gasteiger partial charge >= 0.3 is 0 Å². The lowest BCUT2D eigenvalue weighted by Crippen LogP contribution is -2.44. The molecule has 1 aliphatic heterocycles. The summed E-state index contributed by atoms with van der Waals surface area (Å²) in [6, 6.07) is 17.8. The number of nitrogens with zero attached hydrogens (tertiary/aromatic N) is 2. The molecule has 2 aromatic carbocycles. The number of pyridine rings is 1. The van der Waals surface area contributed by atoms with Gasteiger partial charge in [-0.05, 0) is 60.4 Å². The van der Waals surface area contributed by atoms with Crippen molar-refractivity contribution in [1.82, 2.24) is 14.2 Å². The summed E-state index contributed by atoms with van der Waals surface area (Å²) in [6.45, 7) is 1.09. The first-order valence-corrected chi connectivity index (χ1v) is 12.2. The van der Waals surface area contributed by atoms with Crippen LogP contribution in [0.5, 0.6) is 0 Å². The number of benzene rings is 2. The second-order valence-corrected chi connectivity index (χ2v) is 10.4. The Morgan fingerprint density at radius 3 is 2.50 bits per heavy atom. The van der Waals surface area contributed by atoms with E-state index in [0.29, 0.717) is 29.9 Å². The van der Waals surface area contributed by atoms with Gasteiger partial charge in [0.25, 0.3) is 0 Å². The number of hydrogen-bond donors (Lipinski definition) is 1. The van der Waals surface area contributed by atoms with Crippen LogP contribution in [-0.4, -0.2) is 55.2 Å². The van der Waals surface area contributed by atoms with Crippen molar-refractivity contribution in [2.24, 2.45) is 5.92 Å². The minimum Gasteiger partial charge on any atom is -0.342 e. The lowest BCUT2D eigenvalue weighted by Gasteiger charge is -2.33. The molecule has 1 aromatic heterocycles. The third kappa shape index (κ3) is 4.92. The third-order valence-electron chi connectivity index (χ3n) is 6.10. The van der Waals surface area contributed by atoms with Gasteiger partial charge in [-0.1, -0.05) is 30.3 Å². The molecule has 0 radical (unpaired) electrons. The van der Waals surface area contributed by atoms with Crippen LogP contribution in [0.2, 0.25) is 0 Å². The van der Waals surface area contributed by atoms with Gasteiger partial charge in [0.1, 0.15) is 0 Å². The van der Waals surface area contributed by atoms with Crippen LogP contribution in [-0.2, 0) is 21.2 Å². The molecule has 1 amide bonds. The van der Waals surface area contributed by atoms with E-state index < -0.39 is 10.0 Å². The molecule has 32 heavy (non-hydrogen) atoms. The summed E-state index contributed by atoms with van der Waals surface area (Å²) in [5.74, 6) is 0.353. The van der Waals surface area contributed by atoms with Gasteiger partial charge in [0.05, 0.1) is 11.4 Å². The molecule has 0 unspecified atom stereocenters. The maximum atomic E-state index is 13.0. The van der Waals surface area contributed by atoms with Crippen molar-refractivity contribution in [2.75, 3.05) is 26.7 Å². The number of fused-ring (bicyclic) bond motifs is 1. The largest absolute Gasteiger partial charge is 0.342 e. The average Bonchev–Trinajstić information content (AvgIpc) is 2.79. The molecule has 8 heteroatoms. The topological polar surface area (TPSA) is 90.6 Å². The number of carbonyl (C=O) groups excluding carboxylic acids is 1. The first kappa shape index (κ1) is 22.2. The van der Waals surface area contributed by atoms with E-state index in [9.17, 15) is 18.0 Å². The summed E-state index contributed by atoms with van der Waals surface area (Å²) in [5.41, 5.74) is 1.62. The summed E-state index contributed by atoms with van der Waals surface area (Å²) in [6.07, 6.45) is 2.84. The molecule has 1 N–H and O–H groups in total. The lowest BCUT2D eigenvalue weighted by molar-refractivity contribution is -0.132. The van der Waals surface area contributed by atoms with Crippen LogP contribution in [0.4, 0.5) is 0 Å². The highest BCUT2D eigenvalue weighted by Crippen LogP contribution is 2.23. The van der Waals surface area contributed by atoms with Crippen molar-refractivity contribution >= 4 is 26.8 Å². The molecule has 0 bridgehead atoms. The summed E-state index contributed by atoms with van der Waals surface area (Å²) in [5, 5.41) is 0.617. The van der Waals surface area contributed by atoms with E-state index in [2.05, 4.69) is 17.1 Å². The van der Waals surface area contributed by atoms with Gasteiger partial charge in [-0.2, -0.15) is 4.31 Å². The van der Waals surface area contributed by atoms with Crippen molar-refractivity contribution < 1.29 is 13.2 Å². The second kappa shape index (κ2) is 9.26. The molecule has 0 saturated carbocycles. The number of aromatic amines is 1. The minimum atomic E-state index is -3.83. The van der Waals surface area contributed by atoms with Crippen LogP contribution in [0.15, 0.2) is 70.4 Å². The van der Waals surface area contributed by atoms with E-state index in [1.807, 2.05) is 18.2 Å². The normalized spacial score (nSPS) is 15.4. The highest BCUT2D eigenvalue weighted by Gasteiger charge is 2.28. The Bertz CT molecular complexity index is 1260. The third-order valence-corrected chi connectivity index (χ3v) is 7.90. The number of H-pyrrole nitrogens is 1. The zero-order chi connectivity index (χ0) is 22.7. The maximum Gasteiger partial charge on any atom is 0.248 e. The molecule has 3 aromatic rings. The van der Waals surface area contributed by atoms with Crippen LogP contribution in [0, 0.1) is 5.92 Å². The summed E-state index contributed by atoms with van der Waals surface area (Å²) < 4.78 is 27.1. The summed E-state index contributed by atoms with van der Waals surface area (Å²) in [4.78, 5) is 28.7. The standard InChI is InChI=1S/C24H27N3O4S/c1-26(32(30,31)21-8-9-22-20(16-21)7-10-23(28)25-22)17-24(29)27-13-11-19(12-14-27)15-18-5-3-2-4-6-18/h2-10,16,19H,11-15,17H2,1H3,(H,25,28). The molecule has 0 spiro atoms. The Morgan fingerprint density at radius 2 is 1.78 bits per heavy atom. The number of aromatic nitrogens is 1. The molecule has 7 nitrogen and oxygen atoms in total. The van der Waals surface area contributed by atoms with Crippen molar-refractivity contribution in [2.45, 2.75) is 24.2 Å². The Hall–Kier alpha value is -2.97. The minimum absolute atomic E-state index is 0.0916. The second-order valence-electron chi connectivity index (χ2n) is 8.35. The smallest absolute Gasteiger partial charge is 0.248 e. The monoisotopic (exact) mass is 453 g/mol. The fourth-order valence-electron chi connectivity index (χ4n) is 4.18. The average molecular weight is 454 g/mol. The van der Waals surface area contributed by atoms with E-state index >= 15 is 0 Å². The number of sulfonamides is 1. The highest BCUT2D eigenvalue weighted by atomic mass is 32.2. The number of rotatable bonds is 6. The Balaban J connectivity index is 1.37. The molecular formula is C24H27N3O4S. The summed E-state index contributed by atoms with van der Waals surface area (Å²) in [7, 11) is -2.41. The van der Waals surface area contributed by atoms with Crippen LogP contribution < -0.4 is 5.56 Å². The number of likely N-dealkylation sites (N-methyl/N-ethyl adjacent to an activating group) is 1. The van der Waals surface area contributed by atoms with Crippen LogP contribution in [0.1, 0.15) is 18.4 Å². The predicted octanol–water partition coefficient (Wildman–Crippen LogP) is 2.63. The number of hydrogen-bond acceptors (Lipinski definition) is 4. The van der Waals surface area contributed by atoms with Gasteiger partial charge < -0.3 is 9.88 Å². The molecule has 0 atom stereocenters. The fourth-order valence-corrected chi connectivity index (χ4v) is 5.34. The van der Waals surface area contributed by atoms with Crippen molar-refractivity contribution in [1.29, 1.82) is 0 Å².